The third-order valence-electron chi connectivity index (χ3n) is 3.99. The van der Waals surface area contributed by atoms with Crippen molar-refractivity contribution in [2.45, 2.75) is 32.7 Å². The van der Waals surface area contributed by atoms with Crippen molar-refractivity contribution in [3.63, 3.8) is 0 Å². The Morgan fingerprint density at radius 1 is 1.12 bits per heavy atom. The Morgan fingerprint density at radius 2 is 1.84 bits per heavy atom. The van der Waals surface area contributed by atoms with Gasteiger partial charge in [0, 0.05) is 24.7 Å². The van der Waals surface area contributed by atoms with E-state index in [2.05, 4.69) is 36.1 Å². The van der Waals surface area contributed by atoms with Crippen LogP contribution in [0.5, 0.6) is 0 Å². The molecule has 0 bridgehead atoms. The van der Waals surface area contributed by atoms with Gasteiger partial charge in [-0.05, 0) is 18.2 Å². The van der Waals surface area contributed by atoms with Crippen LogP contribution in [-0.4, -0.2) is 19.3 Å². The molecule has 0 aliphatic rings. The summed E-state index contributed by atoms with van der Waals surface area (Å²) in [6.07, 6.45) is 1.75. The van der Waals surface area contributed by atoms with Gasteiger partial charge in [0.25, 0.3) is 5.56 Å². The Labute approximate surface area is 147 Å². The van der Waals surface area contributed by atoms with Gasteiger partial charge in [0.05, 0.1) is 17.9 Å². The van der Waals surface area contributed by atoms with Crippen LogP contribution < -0.4 is 10.9 Å². The van der Waals surface area contributed by atoms with Crippen molar-refractivity contribution in [1.82, 2.24) is 19.3 Å². The molecule has 0 saturated carbocycles. The van der Waals surface area contributed by atoms with Crippen molar-refractivity contribution in [3.05, 3.63) is 70.5 Å². The lowest BCUT2D eigenvalue weighted by molar-refractivity contribution is 0.545. The minimum absolute atomic E-state index is 0.0523. The summed E-state index contributed by atoms with van der Waals surface area (Å²) in [4.78, 5) is 21.2. The zero-order valence-electron chi connectivity index (χ0n) is 15.0. The molecular formula is C19H23N5O. The first-order valence-electron chi connectivity index (χ1n) is 8.27. The Bertz CT molecular complexity index is 919. The SMILES string of the molecule is Cn1c(CNc2ccnc(C(C)(C)C)n2)cc(=O)n1-c1ccccc1. The van der Waals surface area contributed by atoms with E-state index in [1.165, 1.54) is 0 Å². The van der Waals surface area contributed by atoms with Gasteiger partial charge >= 0.3 is 0 Å². The third kappa shape index (κ3) is 3.63. The number of hydrogen-bond donors (Lipinski definition) is 1. The monoisotopic (exact) mass is 337 g/mol. The molecule has 0 unspecified atom stereocenters. The van der Waals surface area contributed by atoms with Gasteiger partial charge in [-0.3, -0.25) is 9.48 Å². The highest BCUT2D eigenvalue weighted by Gasteiger charge is 2.17. The van der Waals surface area contributed by atoms with E-state index in [0.29, 0.717) is 6.54 Å². The van der Waals surface area contributed by atoms with Gasteiger partial charge in [0.2, 0.25) is 0 Å². The Morgan fingerprint density at radius 3 is 2.52 bits per heavy atom. The van der Waals surface area contributed by atoms with Crippen LogP contribution in [0.1, 0.15) is 32.3 Å². The fourth-order valence-corrected chi connectivity index (χ4v) is 2.61. The first kappa shape index (κ1) is 17.0. The second-order valence-corrected chi connectivity index (χ2v) is 7.01. The molecule has 0 aliphatic heterocycles. The fraction of sp³-hybridized carbons (Fsp3) is 0.316. The fourth-order valence-electron chi connectivity index (χ4n) is 2.61. The first-order chi connectivity index (χ1) is 11.9. The topological polar surface area (TPSA) is 64.7 Å². The highest BCUT2D eigenvalue weighted by Crippen LogP contribution is 2.19. The van der Waals surface area contributed by atoms with Gasteiger partial charge in [0.15, 0.2) is 0 Å². The van der Waals surface area contributed by atoms with E-state index in [-0.39, 0.29) is 11.0 Å². The Balaban J connectivity index is 1.83. The molecule has 6 nitrogen and oxygen atoms in total. The van der Waals surface area contributed by atoms with Gasteiger partial charge in [-0.15, -0.1) is 0 Å². The molecule has 1 N–H and O–H groups in total. The highest BCUT2D eigenvalue weighted by molar-refractivity contribution is 5.35. The maximum absolute atomic E-state index is 12.3. The zero-order valence-corrected chi connectivity index (χ0v) is 15.0. The molecule has 3 rings (SSSR count). The summed E-state index contributed by atoms with van der Waals surface area (Å²) in [5.74, 6) is 1.54. The number of nitrogens with zero attached hydrogens (tertiary/aromatic N) is 4. The highest BCUT2D eigenvalue weighted by atomic mass is 16.1. The van der Waals surface area contributed by atoms with Crippen LogP contribution in [0.15, 0.2) is 53.5 Å². The summed E-state index contributed by atoms with van der Waals surface area (Å²) < 4.78 is 3.51. The van der Waals surface area contributed by atoms with Crippen molar-refractivity contribution >= 4 is 5.82 Å². The molecule has 25 heavy (non-hydrogen) atoms. The summed E-state index contributed by atoms with van der Waals surface area (Å²) in [7, 11) is 1.88. The molecule has 0 radical (unpaired) electrons. The number of rotatable bonds is 4. The van der Waals surface area contributed by atoms with Gasteiger partial charge < -0.3 is 5.32 Å². The summed E-state index contributed by atoms with van der Waals surface area (Å²) >= 11 is 0. The molecule has 3 aromatic rings. The van der Waals surface area contributed by atoms with Gasteiger partial charge in [-0.25, -0.2) is 14.6 Å². The number of aromatic nitrogens is 4. The second-order valence-electron chi connectivity index (χ2n) is 7.01. The van der Waals surface area contributed by atoms with E-state index in [1.54, 1.807) is 16.9 Å². The smallest absolute Gasteiger partial charge is 0.271 e. The van der Waals surface area contributed by atoms with Crippen LogP contribution >= 0.6 is 0 Å². The van der Waals surface area contributed by atoms with Crippen molar-refractivity contribution in [2.24, 2.45) is 7.05 Å². The summed E-state index contributed by atoms with van der Waals surface area (Å²) in [6, 6.07) is 13.1. The lowest BCUT2D eigenvalue weighted by Crippen LogP contribution is -2.20. The quantitative estimate of drug-likeness (QED) is 0.795. The molecule has 130 valence electrons. The van der Waals surface area contributed by atoms with Crippen molar-refractivity contribution in [3.8, 4) is 5.69 Å². The molecule has 2 heterocycles. The van der Waals surface area contributed by atoms with Crippen LogP contribution in [-0.2, 0) is 19.0 Å². The van der Waals surface area contributed by atoms with Crippen molar-refractivity contribution in [2.75, 3.05) is 5.32 Å². The van der Waals surface area contributed by atoms with Crippen LogP contribution in [0.4, 0.5) is 5.82 Å². The van der Waals surface area contributed by atoms with E-state index in [4.69, 9.17) is 0 Å². The molecule has 0 saturated heterocycles. The maximum Gasteiger partial charge on any atom is 0.271 e. The minimum Gasteiger partial charge on any atom is -0.364 e. The average molecular weight is 337 g/mol. The molecule has 0 atom stereocenters. The number of anilines is 1. The van der Waals surface area contributed by atoms with E-state index in [1.807, 2.05) is 48.1 Å². The predicted octanol–water partition coefficient (Wildman–Crippen LogP) is 2.88. The predicted molar refractivity (Wildman–Crippen MR) is 99.1 cm³/mol. The average Bonchev–Trinajstić information content (AvgIpc) is 2.87. The van der Waals surface area contributed by atoms with Gasteiger partial charge in [-0.1, -0.05) is 39.0 Å². The van der Waals surface area contributed by atoms with Crippen LogP contribution in [0.3, 0.4) is 0 Å². The molecule has 1 aromatic carbocycles. The lowest BCUT2D eigenvalue weighted by atomic mass is 9.96. The molecule has 0 spiro atoms. The van der Waals surface area contributed by atoms with E-state index in [9.17, 15) is 4.79 Å². The van der Waals surface area contributed by atoms with Crippen molar-refractivity contribution in [1.29, 1.82) is 0 Å². The van der Waals surface area contributed by atoms with Crippen LogP contribution in [0, 0.1) is 0 Å². The van der Waals surface area contributed by atoms with E-state index in [0.717, 1.165) is 23.0 Å². The molecular weight excluding hydrogens is 314 g/mol. The van der Waals surface area contributed by atoms with E-state index >= 15 is 0 Å². The van der Waals surface area contributed by atoms with Crippen molar-refractivity contribution < 1.29 is 0 Å². The number of nitrogens with one attached hydrogen (secondary N) is 1. The van der Waals surface area contributed by atoms with Gasteiger partial charge in [-0.2, -0.15) is 0 Å². The second kappa shape index (κ2) is 6.55. The molecule has 6 heteroatoms. The zero-order chi connectivity index (χ0) is 18.0. The number of hydrogen-bond acceptors (Lipinski definition) is 4. The number of para-hydroxylation sites is 1. The molecule has 0 aliphatic carbocycles. The van der Waals surface area contributed by atoms with E-state index < -0.39 is 0 Å². The number of benzene rings is 1. The molecule has 0 fully saturated rings. The van der Waals surface area contributed by atoms with Crippen LogP contribution in [0.25, 0.3) is 5.69 Å². The largest absolute Gasteiger partial charge is 0.364 e. The Kier molecular flexibility index (Phi) is 4.44. The summed E-state index contributed by atoms with van der Waals surface area (Å²) in [5.41, 5.74) is 1.56. The first-order valence-corrected chi connectivity index (χ1v) is 8.27. The lowest BCUT2D eigenvalue weighted by Gasteiger charge is -2.17. The standard InChI is InChI=1S/C19H23N5O/c1-19(2,3)18-20-11-10-16(22-18)21-13-15-12-17(25)24(23(15)4)14-8-6-5-7-9-14/h5-12H,13H2,1-4H3,(H,20,21,22). The maximum atomic E-state index is 12.3. The Hall–Kier alpha value is -2.89. The molecule has 0 amide bonds. The summed E-state index contributed by atoms with van der Waals surface area (Å²) in [6.45, 7) is 6.74. The van der Waals surface area contributed by atoms with Gasteiger partial charge in [0.1, 0.15) is 11.6 Å². The molecule has 2 aromatic heterocycles. The minimum atomic E-state index is -0.110. The normalized spacial score (nSPS) is 11.5. The summed E-state index contributed by atoms with van der Waals surface area (Å²) in [5, 5.41) is 3.28. The third-order valence-corrected chi connectivity index (χ3v) is 3.99. The van der Waals surface area contributed by atoms with Crippen LogP contribution in [0.2, 0.25) is 0 Å².